The number of aromatic nitrogens is 1. The number of quaternary nitrogens is 1. The molecular weight excluding hydrogens is 655 g/mol. The number of aryl methyl sites for hydroxylation is 1. The monoisotopic (exact) mass is 690 g/mol. The number of benzene rings is 6. The van der Waals surface area contributed by atoms with Gasteiger partial charge in [0, 0.05) is 37.2 Å². The van der Waals surface area contributed by atoms with Crippen LogP contribution in [0.5, 0.6) is 0 Å². The molecular formula is C46H36N5S+. The molecule has 8 aromatic rings. The Morgan fingerprint density at radius 3 is 2.25 bits per heavy atom. The Kier molecular flexibility index (Phi) is 7.59. The molecule has 3 atom stereocenters. The second-order valence-corrected chi connectivity index (χ2v) is 14.9. The van der Waals surface area contributed by atoms with Gasteiger partial charge in [0.15, 0.2) is 12.3 Å². The minimum atomic E-state index is -0.127. The maximum atomic E-state index is 9.60. The molecule has 250 valence electrons. The van der Waals surface area contributed by atoms with Crippen LogP contribution in [0.3, 0.4) is 0 Å². The first-order chi connectivity index (χ1) is 25.7. The molecule has 52 heavy (non-hydrogen) atoms. The van der Waals surface area contributed by atoms with Gasteiger partial charge in [0.05, 0.1) is 28.8 Å². The van der Waals surface area contributed by atoms with E-state index in [4.69, 9.17) is 0 Å². The van der Waals surface area contributed by atoms with Crippen LogP contribution in [-0.2, 0) is 6.42 Å². The van der Waals surface area contributed by atoms with Crippen LogP contribution in [0.15, 0.2) is 146 Å². The van der Waals surface area contributed by atoms with Crippen molar-refractivity contribution >= 4 is 49.3 Å². The van der Waals surface area contributed by atoms with Gasteiger partial charge in [-0.3, -0.25) is 0 Å². The van der Waals surface area contributed by atoms with Gasteiger partial charge in [0.1, 0.15) is 0 Å². The van der Waals surface area contributed by atoms with Gasteiger partial charge in [0.2, 0.25) is 0 Å². The standard InChI is InChI=1S/C46H35N5S/c47-28-29-10-8-13-33(26-29)46-49-44(30-11-2-1-3-12-30)48-45(50-46)31-20-23-34(24-21-31)51-40-18-6-4-14-36(40)37-25-22-32(27-41(37)51)35-16-9-17-39-38-15-5-7-19-42(38)52-43(35)39/h1-4,6-14,16-27,44-46,48-50H,5,15H2/p+1. The molecule has 0 saturated carbocycles. The number of hydrogen-bond acceptors (Lipinski definition) is 4. The normalized spacial score (nSPS) is 18.5. The fourth-order valence-electron chi connectivity index (χ4n) is 8.24. The van der Waals surface area contributed by atoms with Gasteiger partial charge in [-0.2, -0.15) is 5.26 Å². The minimum absolute atomic E-state index is 0.00652. The number of hydrogen-bond donors (Lipinski definition) is 3. The lowest BCUT2D eigenvalue weighted by Crippen LogP contribution is -2.94. The van der Waals surface area contributed by atoms with Gasteiger partial charge < -0.3 is 9.88 Å². The summed E-state index contributed by atoms with van der Waals surface area (Å²) in [5, 5.41) is 23.5. The zero-order valence-electron chi connectivity index (χ0n) is 28.5. The SMILES string of the molecule is N#Cc1cccc(C2NC(c3ccccc3)[NH2+]C(c3ccc(-n4c5ccccc5c5ccc(-c6cccc7c8c(sc67)C=CCC8)cc54)cc3)N2)c1. The molecule has 0 radical (unpaired) electrons. The molecule has 1 fully saturated rings. The van der Waals surface area contributed by atoms with E-state index in [0.717, 1.165) is 24.1 Å². The van der Waals surface area contributed by atoms with Crippen molar-refractivity contribution in [3.63, 3.8) is 0 Å². The Labute approximate surface area is 306 Å². The maximum Gasteiger partial charge on any atom is 0.169 e. The number of nitrogens with zero attached hydrogens (tertiary/aromatic N) is 2. The Balaban J connectivity index is 1.05. The summed E-state index contributed by atoms with van der Waals surface area (Å²) in [5.41, 5.74) is 11.7. The van der Waals surface area contributed by atoms with Crippen molar-refractivity contribution in [2.24, 2.45) is 0 Å². The van der Waals surface area contributed by atoms with Crippen LogP contribution in [0.25, 0.3) is 54.8 Å². The molecule has 3 unspecified atom stereocenters. The number of nitrogens with two attached hydrogens (primary N) is 1. The van der Waals surface area contributed by atoms with Gasteiger partial charge in [-0.25, -0.2) is 10.6 Å². The Hall–Kier alpha value is -5.81. The van der Waals surface area contributed by atoms with Gasteiger partial charge >= 0.3 is 0 Å². The molecule has 0 spiro atoms. The highest BCUT2D eigenvalue weighted by Gasteiger charge is 2.33. The van der Waals surface area contributed by atoms with Crippen molar-refractivity contribution in [1.82, 2.24) is 15.2 Å². The van der Waals surface area contributed by atoms with Crippen molar-refractivity contribution in [1.29, 1.82) is 5.26 Å². The first-order valence-electron chi connectivity index (χ1n) is 18.0. The van der Waals surface area contributed by atoms with Crippen LogP contribution in [0.4, 0.5) is 0 Å². The molecule has 10 rings (SSSR count). The third-order valence-electron chi connectivity index (χ3n) is 10.8. The molecule has 2 aromatic heterocycles. The molecule has 2 aliphatic rings. The maximum absolute atomic E-state index is 9.60. The highest BCUT2D eigenvalue weighted by Crippen LogP contribution is 2.42. The lowest BCUT2D eigenvalue weighted by molar-refractivity contribution is -0.755. The molecule has 0 amide bonds. The number of thiophene rings is 1. The first-order valence-corrected chi connectivity index (χ1v) is 18.8. The van der Waals surface area contributed by atoms with E-state index in [2.05, 4.69) is 160 Å². The van der Waals surface area contributed by atoms with E-state index in [0.29, 0.717) is 5.56 Å². The molecule has 1 saturated heterocycles. The van der Waals surface area contributed by atoms with Gasteiger partial charge in [0.25, 0.3) is 0 Å². The average Bonchev–Trinajstić information content (AvgIpc) is 3.77. The van der Waals surface area contributed by atoms with E-state index in [1.165, 1.54) is 64.6 Å². The topological polar surface area (TPSA) is 69.4 Å². The van der Waals surface area contributed by atoms with Crippen LogP contribution < -0.4 is 16.0 Å². The van der Waals surface area contributed by atoms with Crippen LogP contribution in [0.1, 0.15) is 57.6 Å². The number of nitrogens with one attached hydrogen (secondary N) is 2. The summed E-state index contributed by atoms with van der Waals surface area (Å²) in [5.74, 6) is 0. The van der Waals surface area contributed by atoms with E-state index < -0.39 is 0 Å². The Morgan fingerprint density at radius 2 is 1.40 bits per heavy atom. The molecule has 1 aliphatic carbocycles. The fourth-order valence-corrected chi connectivity index (χ4v) is 9.56. The quantitative estimate of drug-likeness (QED) is 0.169. The van der Waals surface area contributed by atoms with Crippen molar-refractivity contribution in [3.05, 3.63) is 178 Å². The van der Waals surface area contributed by atoms with Crippen molar-refractivity contribution < 1.29 is 5.32 Å². The largest absolute Gasteiger partial charge is 0.309 e. The summed E-state index contributed by atoms with van der Waals surface area (Å²) in [4.78, 5) is 1.40. The second kappa shape index (κ2) is 12.8. The van der Waals surface area contributed by atoms with E-state index in [1.54, 1.807) is 0 Å². The minimum Gasteiger partial charge on any atom is -0.309 e. The molecule has 6 aromatic carbocycles. The average molecular weight is 691 g/mol. The van der Waals surface area contributed by atoms with Crippen molar-refractivity contribution in [3.8, 4) is 22.9 Å². The number of rotatable bonds is 5. The predicted octanol–water partition coefficient (Wildman–Crippen LogP) is 9.65. The summed E-state index contributed by atoms with van der Waals surface area (Å²) in [6, 6.07) is 52.3. The van der Waals surface area contributed by atoms with E-state index >= 15 is 0 Å². The van der Waals surface area contributed by atoms with Crippen LogP contribution >= 0.6 is 11.3 Å². The van der Waals surface area contributed by atoms with Gasteiger partial charge in [-0.1, -0.05) is 97.1 Å². The number of nitriles is 1. The smallest absolute Gasteiger partial charge is 0.169 e. The molecule has 3 heterocycles. The third kappa shape index (κ3) is 5.26. The highest BCUT2D eigenvalue weighted by molar-refractivity contribution is 7.20. The molecule has 6 heteroatoms. The summed E-state index contributed by atoms with van der Waals surface area (Å²) in [7, 11) is 0. The van der Waals surface area contributed by atoms with Crippen LogP contribution in [-0.4, -0.2) is 4.57 Å². The highest BCUT2D eigenvalue weighted by atomic mass is 32.1. The number of fused-ring (bicyclic) bond motifs is 6. The summed E-state index contributed by atoms with van der Waals surface area (Å²) in [6.07, 6.45) is 6.75. The number of para-hydroxylation sites is 1. The molecule has 1 aliphatic heterocycles. The summed E-state index contributed by atoms with van der Waals surface area (Å²) in [6.45, 7) is 0. The second-order valence-electron chi connectivity index (χ2n) is 13.8. The first kappa shape index (κ1) is 31.0. The molecule has 4 N–H and O–H groups in total. The summed E-state index contributed by atoms with van der Waals surface area (Å²) >= 11 is 1.93. The lowest BCUT2D eigenvalue weighted by Gasteiger charge is -2.36. The number of allylic oxidation sites excluding steroid dienone is 1. The van der Waals surface area contributed by atoms with Crippen molar-refractivity contribution in [2.75, 3.05) is 0 Å². The van der Waals surface area contributed by atoms with Crippen molar-refractivity contribution in [2.45, 2.75) is 31.3 Å². The molecule has 0 bridgehead atoms. The van der Waals surface area contributed by atoms with E-state index in [9.17, 15) is 5.26 Å². The predicted molar refractivity (Wildman–Crippen MR) is 213 cm³/mol. The summed E-state index contributed by atoms with van der Waals surface area (Å²) < 4.78 is 3.80. The molecule has 5 nitrogen and oxygen atoms in total. The Bertz CT molecular complexity index is 2700. The zero-order chi connectivity index (χ0) is 34.6. The van der Waals surface area contributed by atoms with Crippen LogP contribution in [0.2, 0.25) is 0 Å². The Morgan fingerprint density at radius 1 is 0.673 bits per heavy atom. The zero-order valence-corrected chi connectivity index (χ0v) is 29.3. The van der Waals surface area contributed by atoms with Gasteiger partial charge in [-0.05, 0) is 95.1 Å². The van der Waals surface area contributed by atoms with Crippen LogP contribution in [0, 0.1) is 11.3 Å². The lowest BCUT2D eigenvalue weighted by atomic mass is 9.97. The third-order valence-corrected chi connectivity index (χ3v) is 12.0. The van der Waals surface area contributed by atoms with Gasteiger partial charge in [-0.15, -0.1) is 11.3 Å². The van der Waals surface area contributed by atoms with E-state index in [1.807, 2.05) is 29.5 Å². The van der Waals surface area contributed by atoms with E-state index in [-0.39, 0.29) is 18.5 Å². The fraction of sp³-hybridized carbons (Fsp3) is 0.109.